The number of aliphatic hydroxyl groups excluding tert-OH is 2. The topological polar surface area (TPSA) is 58.9 Å². The van der Waals surface area contributed by atoms with E-state index in [1.165, 1.54) is 0 Å². The fourth-order valence-corrected chi connectivity index (χ4v) is 2.27. The van der Waals surface area contributed by atoms with E-state index in [0.717, 1.165) is 0 Å². The molecule has 0 unspecified atom stereocenters. The van der Waals surface area contributed by atoms with Crippen molar-refractivity contribution < 1.29 is 19.7 Å². The van der Waals surface area contributed by atoms with Gasteiger partial charge in [0.25, 0.3) is 0 Å². The molecule has 2 N–H and O–H groups in total. The van der Waals surface area contributed by atoms with Gasteiger partial charge >= 0.3 is 0 Å². The van der Waals surface area contributed by atoms with E-state index in [1.807, 2.05) is 0 Å². The number of rotatable bonds is 4. The number of ether oxygens (including phenoxy) is 2. The Labute approximate surface area is 115 Å². The summed E-state index contributed by atoms with van der Waals surface area (Å²) in [5, 5.41) is 19.9. The molecular weight excluding hydrogens is 279 g/mol. The van der Waals surface area contributed by atoms with E-state index in [1.54, 1.807) is 18.2 Å². The van der Waals surface area contributed by atoms with Gasteiger partial charge in [0.05, 0.1) is 19.8 Å². The van der Waals surface area contributed by atoms with Crippen LogP contribution in [-0.2, 0) is 16.1 Å². The Bertz CT molecular complexity index is 393. The lowest BCUT2D eigenvalue weighted by atomic mass is 10.1. The van der Waals surface area contributed by atoms with Gasteiger partial charge in [-0.15, -0.1) is 0 Å². The van der Waals surface area contributed by atoms with Crippen LogP contribution in [0.5, 0.6) is 0 Å². The molecule has 4 nitrogen and oxygen atoms in total. The summed E-state index contributed by atoms with van der Waals surface area (Å²) >= 11 is 12.0. The first-order valence-electron chi connectivity index (χ1n) is 5.58. The van der Waals surface area contributed by atoms with Crippen molar-refractivity contribution in [3.8, 4) is 0 Å². The monoisotopic (exact) mass is 292 g/mol. The summed E-state index contributed by atoms with van der Waals surface area (Å²) in [6, 6.07) is 5.22. The van der Waals surface area contributed by atoms with Crippen LogP contribution in [0.2, 0.25) is 10.0 Å². The molecule has 1 saturated heterocycles. The molecule has 1 aliphatic rings. The number of halogens is 2. The largest absolute Gasteiger partial charge is 0.388 e. The first-order chi connectivity index (χ1) is 8.59. The smallest absolute Gasteiger partial charge is 0.110 e. The Kier molecular flexibility index (Phi) is 4.84. The molecule has 0 spiro atoms. The van der Waals surface area contributed by atoms with Crippen LogP contribution in [0.25, 0.3) is 0 Å². The Morgan fingerprint density at radius 2 is 1.94 bits per heavy atom. The zero-order valence-corrected chi connectivity index (χ0v) is 11.1. The van der Waals surface area contributed by atoms with Gasteiger partial charge in [0.2, 0.25) is 0 Å². The number of hydrogen-bond donors (Lipinski definition) is 2. The zero-order chi connectivity index (χ0) is 13.1. The normalized spacial score (nSPS) is 27.7. The quantitative estimate of drug-likeness (QED) is 0.886. The van der Waals surface area contributed by atoms with E-state index in [2.05, 4.69) is 0 Å². The molecule has 2 rings (SSSR count). The molecule has 6 heteroatoms. The van der Waals surface area contributed by atoms with Gasteiger partial charge < -0.3 is 19.7 Å². The van der Waals surface area contributed by atoms with Crippen molar-refractivity contribution in [3.63, 3.8) is 0 Å². The highest BCUT2D eigenvalue weighted by atomic mass is 35.5. The molecule has 1 aliphatic heterocycles. The van der Waals surface area contributed by atoms with Gasteiger partial charge in [-0.25, -0.2) is 0 Å². The van der Waals surface area contributed by atoms with Gasteiger partial charge in [-0.05, 0) is 12.1 Å². The minimum atomic E-state index is -0.910. The predicted octanol–water partition coefficient (Wildman–Crippen LogP) is 1.63. The molecule has 0 aromatic heterocycles. The van der Waals surface area contributed by atoms with Crippen LogP contribution in [0.4, 0.5) is 0 Å². The van der Waals surface area contributed by atoms with Crippen LogP contribution in [0.15, 0.2) is 18.2 Å². The van der Waals surface area contributed by atoms with E-state index in [4.69, 9.17) is 32.7 Å². The highest BCUT2D eigenvalue weighted by molar-refractivity contribution is 6.35. The molecule has 1 heterocycles. The van der Waals surface area contributed by atoms with Gasteiger partial charge in [-0.3, -0.25) is 0 Å². The third-order valence-corrected chi connectivity index (χ3v) is 3.55. The third-order valence-electron chi connectivity index (χ3n) is 2.85. The summed E-state index contributed by atoms with van der Waals surface area (Å²) in [6.45, 7) is 0.545. The van der Waals surface area contributed by atoms with E-state index < -0.39 is 18.3 Å². The molecular formula is C12H14Cl2O4. The summed E-state index contributed by atoms with van der Waals surface area (Å²) in [7, 11) is 0. The van der Waals surface area contributed by atoms with Crippen molar-refractivity contribution in [2.75, 3.05) is 13.2 Å². The Hall–Kier alpha value is -0.360. The van der Waals surface area contributed by atoms with Gasteiger partial charge in [-0.2, -0.15) is 0 Å². The lowest BCUT2D eigenvalue weighted by Gasteiger charge is -2.15. The molecule has 0 amide bonds. The standard InChI is InChI=1S/C12H14Cl2O4/c13-8-2-1-3-9(14)7(8)4-17-6-11-12(16)10(15)5-18-11/h1-3,10-12,15-16H,4-6H2/t10-,11+,12+/m1/s1. The maximum absolute atomic E-state index is 9.56. The predicted molar refractivity (Wildman–Crippen MR) is 67.9 cm³/mol. The summed E-state index contributed by atoms with van der Waals surface area (Å²) in [5.41, 5.74) is 0.703. The second kappa shape index (κ2) is 6.19. The Morgan fingerprint density at radius 1 is 1.28 bits per heavy atom. The minimum absolute atomic E-state index is 0.127. The Morgan fingerprint density at radius 3 is 2.50 bits per heavy atom. The van der Waals surface area contributed by atoms with E-state index >= 15 is 0 Å². The highest BCUT2D eigenvalue weighted by Gasteiger charge is 2.34. The molecule has 0 aliphatic carbocycles. The summed E-state index contributed by atoms with van der Waals surface area (Å²) in [4.78, 5) is 0. The van der Waals surface area contributed by atoms with Gasteiger partial charge in [0.1, 0.15) is 18.3 Å². The SMILES string of the molecule is O[C@H]1[C@H](O)CO[C@H]1COCc1c(Cl)cccc1Cl. The molecule has 0 saturated carbocycles. The van der Waals surface area contributed by atoms with E-state index in [-0.39, 0.29) is 19.8 Å². The fraction of sp³-hybridized carbons (Fsp3) is 0.500. The number of hydrogen-bond acceptors (Lipinski definition) is 4. The highest BCUT2D eigenvalue weighted by Crippen LogP contribution is 2.25. The molecule has 1 fully saturated rings. The van der Waals surface area contributed by atoms with Crippen LogP contribution < -0.4 is 0 Å². The number of benzene rings is 1. The van der Waals surface area contributed by atoms with Crippen LogP contribution in [0.1, 0.15) is 5.56 Å². The van der Waals surface area contributed by atoms with Crippen molar-refractivity contribution in [2.24, 2.45) is 0 Å². The minimum Gasteiger partial charge on any atom is -0.388 e. The third kappa shape index (κ3) is 3.15. The first-order valence-corrected chi connectivity index (χ1v) is 6.33. The lowest BCUT2D eigenvalue weighted by molar-refractivity contribution is -0.0344. The molecule has 1 aromatic carbocycles. The van der Waals surface area contributed by atoms with Crippen LogP contribution in [-0.4, -0.2) is 41.7 Å². The second-order valence-electron chi connectivity index (χ2n) is 4.15. The lowest BCUT2D eigenvalue weighted by Crippen LogP contribution is -2.32. The van der Waals surface area contributed by atoms with Crippen LogP contribution >= 0.6 is 23.2 Å². The number of aliphatic hydroxyl groups is 2. The van der Waals surface area contributed by atoms with Crippen molar-refractivity contribution in [1.82, 2.24) is 0 Å². The zero-order valence-electron chi connectivity index (χ0n) is 9.55. The van der Waals surface area contributed by atoms with E-state index in [9.17, 15) is 10.2 Å². The molecule has 0 bridgehead atoms. The van der Waals surface area contributed by atoms with Gasteiger partial charge in [-0.1, -0.05) is 29.3 Å². The molecule has 0 radical (unpaired) electrons. The Balaban J connectivity index is 1.86. The van der Waals surface area contributed by atoms with E-state index in [0.29, 0.717) is 15.6 Å². The van der Waals surface area contributed by atoms with Gasteiger partial charge in [0, 0.05) is 15.6 Å². The van der Waals surface area contributed by atoms with Crippen molar-refractivity contribution in [3.05, 3.63) is 33.8 Å². The maximum atomic E-state index is 9.56. The fourth-order valence-electron chi connectivity index (χ4n) is 1.76. The maximum Gasteiger partial charge on any atom is 0.110 e. The molecule has 100 valence electrons. The molecule has 18 heavy (non-hydrogen) atoms. The average Bonchev–Trinajstić information content (AvgIpc) is 2.65. The summed E-state index contributed by atoms with van der Waals surface area (Å²) in [6.07, 6.45) is -2.27. The van der Waals surface area contributed by atoms with Gasteiger partial charge in [0.15, 0.2) is 0 Å². The second-order valence-corrected chi connectivity index (χ2v) is 4.96. The average molecular weight is 293 g/mol. The molecule has 3 atom stereocenters. The summed E-state index contributed by atoms with van der Waals surface area (Å²) in [5.74, 6) is 0. The van der Waals surface area contributed by atoms with Crippen LogP contribution in [0.3, 0.4) is 0 Å². The van der Waals surface area contributed by atoms with Crippen molar-refractivity contribution in [2.45, 2.75) is 24.9 Å². The van der Waals surface area contributed by atoms with Crippen molar-refractivity contribution >= 4 is 23.2 Å². The molecule has 1 aromatic rings. The van der Waals surface area contributed by atoms with Crippen molar-refractivity contribution in [1.29, 1.82) is 0 Å². The summed E-state index contributed by atoms with van der Waals surface area (Å²) < 4.78 is 10.6. The first kappa shape index (κ1) is 14.1. The van der Waals surface area contributed by atoms with Crippen LogP contribution in [0, 0.1) is 0 Å².